The van der Waals surface area contributed by atoms with Crippen LogP contribution < -0.4 is 0 Å². The Morgan fingerprint density at radius 2 is 2.20 bits per heavy atom. The highest BCUT2D eigenvalue weighted by Crippen LogP contribution is 2.42. The molecule has 20 heavy (non-hydrogen) atoms. The lowest BCUT2D eigenvalue weighted by Gasteiger charge is -2.51. The van der Waals surface area contributed by atoms with Gasteiger partial charge in [-0.3, -0.25) is 9.69 Å². The van der Waals surface area contributed by atoms with Gasteiger partial charge in [0, 0.05) is 36.6 Å². The van der Waals surface area contributed by atoms with Gasteiger partial charge in [0.1, 0.15) is 0 Å². The van der Waals surface area contributed by atoms with E-state index in [4.69, 9.17) is 0 Å². The third-order valence-electron chi connectivity index (χ3n) is 5.28. The zero-order valence-electron chi connectivity index (χ0n) is 11.9. The highest BCUT2D eigenvalue weighted by atomic mass is 32.1. The van der Waals surface area contributed by atoms with Crippen molar-refractivity contribution in [1.82, 2.24) is 9.80 Å². The van der Waals surface area contributed by atoms with Crippen molar-refractivity contribution >= 4 is 17.2 Å². The molecule has 1 aliphatic carbocycles. The molecule has 0 radical (unpaired) electrons. The first-order valence-corrected chi connectivity index (χ1v) is 8.68. The van der Waals surface area contributed by atoms with E-state index < -0.39 is 0 Å². The molecule has 1 saturated carbocycles. The molecule has 4 heteroatoms. The average Bonchev–Trinajstić information content (AvgIpc) is 2.93. The molecule has 108 valence electrons. The van der Waals surface area contributed by atoms with Gasteiger partial charge in [0.25, 0.3) is 0 Å². The van der Waals surface area contributed by atoms with Crippen LogP contribution in [0.15, 0.2) is 17.5 Å². The van der Waals surface area contributed by atoms with Gasteiger partial charge in [-0.05, 0) is 43.0 Å². The highest BCUT2D eigenvalue weighted by molar-refractivity contribution is 7.10. The van der Waals surface area contributed by atoms with Gasteiger partial charge in [-0.15, -0.1) is 11.3 Å². The minimum atomic E-state index is 0.322. The largest absolute Gasteiger partial charge is 0.340 e. The minimum Gasteiger partial charge on any atom is -0.340 e. The van der Waals surface area contributed by atoms with Crippen LogP contribution in [0.5, 0.6) is 0 Å². The lowest BCUT2D eigenvalue weighted by Crippen LogP contribution is -2.61. The van der Waals surface area contributed by atoms with E-state index in [2.05, 4.69) is 21.2 Å². The predicted molar refractivity (Wildman–Crippen MR) is 80.9 cm³/mol. The van der Waals surface area contributed by atoms with E-state index in [1.807, 2.05) is 6.07 Å². The standard InChI is InChI=1S/C16H22N2OS/c19-15(10-14-2-1-9-20-14)17-7-5-16(12-17)6-8-18(16)11-13-3-4-13/h1-2,9,13H,3-8,10-12H2. The Balaban J connectivity index is 1.36. The lowest BCUT2D eigenvalue weighted by molar-refractivity contribution is -0.130. The van der Waals surface area contributed by atoms with Crippen molar-refractivity contribution in [2.75, 3.05) is 26.2 Å². The molecule has 1 atom stereocenters. The maximum atomic E-state index is 12.4. The van der Waals surface area contributed by atoms with Crippen LogP contribution in [0.1, 0.15) is 30.6 Å². The van der Waals surface area contributed by atoms with E-state index in [0.29, 0.717) is 17.9 Å². The number of hydrogen-bond acceptors (Lipinski definition) is 3. The van der Waals surface area contributed by atoms with E-state index >= 15 is 0 Å². The quantitative estimate of drug-likeness (QED) is 0.850. The van der Waals surface area contributed by atoms with Gasteiger partial charge in [0.15, 0.2) is 0 Å². The van der Waals surface area contributed by atoms with Crippen molar-refractivity contribution in [2.45, 2.75) is 37.6 Å². The number of carbonyl (C=O) groups excluding carboxylic acids is 1. The van der Waals surface area contributed by atoms with Gasteiger partial charge >= 0.3 is 0 Å². The van der Waals surface area contributed by atoms with Crippen LogP contribution in [0.25, 0.3) is 0 Å². The summed E-state index contributed by atoms with van der Waals surface area (Å²) in [6.45, 7) is 4.48. The number of nitrogens with zero attached hydrogens (tertiary/aromatic N) is 2. The molecule has 1 spiro atoms. The van der Waals surface area contributed by atoms with Crippen LogP contribution in [0.3, 0.4) is 0 Å². The number of amides is 1. The van der Waals surface area contributed by atoms with Gasteiger partial charge in [-0.1, -0.05) is 6.07 Å². The summed E-state index contributed by atoms with van der Waals surface area (Å²) in [6, 6.07) is 4.10. The van der Waals surface area contributed by atoms with Crippen molar-refractivity contribution in [3.05, 3.63) is 22.4 Å². The summed E-state index contributed by atoms with van der Waals surface area (Å²) in [4.78, 5) is 18.4. The van der Waals surface area contributed by atoms with E-state index in [9.17, 15) is 4.79 Å². The SMILES string of the molecule is O=C(Cc1cccs1)N1CCC2(CCN2CC2CC2)C1. The number of thiophene rings is 1. The van der Waals surface area contributed by atoms with Crippen molar-refractivity contribution < 1.29 is 4.79 Å². The Hall–Kier alpha value is -0.870. The fourth-order valence-electron chi connectivity index (χ4n) is 3.69. The molecule has 1 aromatic rings. The fourth-order valence-corrected chi connectivity index (χ4v) is 4.38. The van der Waals surface area contributed by atoms with Crippen LogP contribution in [0.2, 0.25) is 0 Å². The molecule has 3 aliphatic rings. The normalized spacial score (nSPS) is 29.9. The fraction of sp³-hybridized carbons (Fsp3) is 0.688. The van der Waals surface area contributed by atoms with Gasteiger partial charge in [0.2, 0.25) is 5.91 Å². The Morgan fingerprint density at radius 3 is 2.85 bits per heavy atom. The smallest absolute Gasteiger partial charge is 0.227 e. The van der Waals surface area contributed by atoms with E-state index in [0.717, 1.165) is 19.0 Å². The third-order valence-corrected chi connectivity index (χ3v) is 6.16. The van der Waals surface area contributed by atoms with Gasteiger partial charge in [0.05, 0.1) is 6.42 Å². The topological polar surface area (TPSA) is 23.6 Å². The molecule has 2 saturated heterocycles. The summed E-state index contributed by atoms with van der Waals surface area (Å²) in [5.74, 6) is 1.28. The van der Waals surface area contributed by atoms with Crippen molar-refractivity contribution in [2.24, 2.45) is 5.92 Å². The average molecular weight is 290 g/mol. The van der Waals surface area contributed by atoms with Gasteiger partial charge < -0.3 is 4.90 Å². The number of carbonyl (C=O) groups is 1. The van der Waals surface area contributed by atoms with E-state index in [1.165, 1.54) is 43.6 Å². The number of rotatable bonds is 4. The first-order chi connectivity index (χ1) is 9.75. The molecule has 1 aromatic heterocycles. The molecule has 3 fully saturated rings. The van der Waals surface area contributed by atoms with Crippen molar-refractivity contribution in [3.63, 3.8) is 0 Å². The summed E-state index contributed by atoms with van der Waals surface area (Å²) >= 11 is 1.69. The van der Waals surface area contributed by atoms with Crippen LogP contribution in [-0.2, 0) is 11.2 Å². The van der Waals surface area contributed by atoms with E-state index in [1.54, 1.807) is 11.3 Å². The molecular weight excluding hydrogens is 268 g/mol. The van der Waals surface area contributed by atoms with Crippen molar-refractivity contribution in [3.8, 4) is 0 Å². The number of hydrogen-bond donors (Lipinski definition) is 0. The summed E-state index contributed by atoms with van der Waals surface area (Å²) in [5.41, 5.74) is 0.355. The molecular formula is C16H22N2OS. The molecule has 1 amide bonds. The second-order valence-electron chi connectivity index (χ2n) is 6.69. The van der Waals surface area contributed by atoms with E-state index in [-0.39, 0.29) is 0 Å². The summed E-state index contributed by atoms with van der Waals surface area (Å²) in [7, 11) is 0. The monoisotopic (exact) mass is 290 g/mol. The molecule has 3 heterocycles. The molecule has 0 aromatic carbocycles. The van der Waals surface area contributed by atoms with Crippen LogP contribution in [0.4, 0.5) is 0 Å². The Bertz CT molecular complexity index is 497. The summed E-state index contributed by atoms with van der Waals surface area (Å²) < 4.78 is 0. The predicted octanol–water partition coefficient (Wildman–Crippen LogP) is 2.38. The maximum Gasteiger partial charge on any atom is 0.227 e. The Labute approximate surface area is 124 Å². The lowest BCUT2D eigenvalue weighted by atomic mass is 9.83. The van der Waals surface area contributed by atoms with Crippen LogP contribution in [0, 0.1) is 5.92 Å². The first-order valence-electron chi connectivity index (χ1n) is 7.80. The molecule has 1 unspecified atom stereocenters. The summed E-state index contributed by atoms with van der Waals surface area (Å²) in [6.07, 6.45) is 5.93. The van der Waals surface area contributed by atoms with Crippen LogP contribution >= 0.6 is 11.3 Å². The Morgan fingerprint density at radius 1 is 1.35 bits per heavy atom. The molecule has 0 N–H and O–H groups in total. The van der Waals surface area contributed by atoms with Gasteiger partial charge in [-0.2, -0.15) is 0 Å². The van der Waals surface area contributed by atoms with Gasteiger partial charge in [-0.25, -0.2) is 0 Å². The summed E-state index contributed by atoms with van der Waals surface area (Å²) in [5, 5.41) is 2.05. The molecule has 3 nitrogen and oxygen atoms in total. The molecule has 2 aliphatic heterocycles. The zero-order valence-corrected chi connectivity index (χ0v) is 12.7. The third kappa shape index (κ3) is 2.29. The number of likely N-dealkylation sites (tertiary alicyclic amines) is 2. The zero-order chi connectivity index (χ0) is 13.6. The second-order valence-corrected chi connectivity index (χ2v) is 7.72. The Kier molecular flexibility index (Phi) is 3.11. The second kappa shape index (κ2) is 4.85. The first kappa shape index (κ1) is 12.8. The maximum absolute atomic E-state index is 12.4. The van der Waals surface area contributed by atoms with Crippen molar-refractivity contribution in [1.29, 1.82) is 0 Å². The molecule has 4 rings (SSSR count). The highest BCUT2D eigenvalue weighted by Gasteiger charge is 2.50. The van der Waals surface area contributed by atoms with Crippen LogP contribution in [-0.4, -0.2) is 47.4 Å². The molecule has 0 bridgehead atoms. The minimum absolute atomic E-state index is 0.322.